The Hall–Kier alpha value is -1.40. The van der Waals surface area contributed by atoms with Crippen LogP contribution in [-0.4, -0.2) is 42.7 Å². The predicted molar refractivity (Wildman–Crippen MR) is 116 cm³/mol. The fraction of sp³-hybridized carbons (Fsp3) is 0.696. The Kier molecular flexibility index (Phi) is 7.55. The number of sulfone groups is 1. The van der Waals surface area contributed by atoms with E-state index >= 15 is 0 Å². The Morgan fingerprint density at radius 3 is 2.62 bits per heavy atom. The maximum absolute atomic E-state index is 13.0. The average molecular weight is 425 g/mol. The lowest BCUT2D eigenvalue weighted by atomic mass is 9.71. The number of aliphatic hydroxyl groups excluding tert-OH is 1. The summed E-state index contributed by atoms with van der Waals surface area (Å²) in [6.07, 6.45) is 6.86. The molecular formula is C23H36O5S. The fourth-order valence-electron chi connectivity index (χ4n) is 4.45. The summed E-state index contributed by atoms with van der Waals surface area (Å²) in [5, 5.41) is 8.94. The molecule has 2 aliphatic rings. The quantitative estimate of drug-likeness (QED) is 0.487. The molecule has 0 spiro atoms. The lowest BCUT2D eigenvalue weighted by molar-refractivity contribution is -0.143. The maximum atomic E-state index is 13.0. The molecule has 3 unspecified atom stereocenters. The molecule has 0 radical (unpaired) electrons. The molecule has 0 saturated carbocycles. The maximum Gasteiger partial charge on any atom is 0.305 e. The topological polar surface area (TPSA) is 80.7 Å². The molecule has 0 aromatic heterocycles. The number of aliphatic hydroxyl groups is 1. The van der Waals surface area contributed by atoms with Gasteiger partial charge in [-0.2, -0.15) is 0 Å². The van der Waals surface area contributed by atoms with Crippen molar-refractivity contribution in [2.24, 2.45) is 5.41 Å². The highest BCUT2D eigenvalue weighted by Gasteiger charge is 2.44. The molecule has 1 heterocycles. The van der Waals surface area contributed by atoms with E-state index in [9.17, 15) is 18.3 Å². The van der Waals surface area contributed by atoms with Crippen molar-refractivity contribution in [1.29, 1.82) is 0 Å². The van der Waals surface area contributed by atoms with E-state index in [4.69, 9.17) is 4.74 Å². The lowest BCUT2D eigenvalue weighted by Crippen LogP contribution is -2.37. The summed E-state index contributed by atoms with van der Waals surface area (Å²) in [5.41, 5.74) is 4.21. The first-order chi connectivity index (χ1) is 13.4. The van der Waals surface area contributed by atoms with Crippen LogP contribution in [0, 0.1) is 5.41 Å². The van der Waals surface area contributed by atoms with Crippen molar-refractivity contribution in [2.75, 3.05) is 6.61 Å². The van der Waals surface area contributed by atoms with Crippen LogP contribution in [0.2, 0.25) is 0 Å². The minimum absolute atomic E-state index is 0.133. The Bertz CT molecular complexity index is 829. The molecule has 1 N–H and O–H groups in total. The molecule has 29 heavy (non-hydrogen) atoms. The van der Waals surface area contributed by atoms with E-state index < -0.39 is 32.4 Å². The first-order valence-corrected chi connectivity index (χ1v) is 12.1. The van der Waals surface area contributed by atoms with Crippen LogP contribution in [0.4, 0.5) is 0 Å². The van der Waals surface area contributed by atoms with Crippen LogP contribution < -0.4 is 0 Å². The molecule has 0 amide bonds. The van der Waals surface area contributed by atoms with Crippen molar-refractivity contribution in [3.05, 3.63) is 34.4 Å². The Morgan fingerprint density at radius 1 is 1.38 bits per heavy atom. The van der Waals surface area contributed by atoms with Gasteiger partial charge in [-0.25, -0.2) is 8.42 Å². The molecule has 164 valence electrons. The van der Waals surface area contributed by atoms with E-state index in [1.54, 1.807) is 26.8 Å². The fourth-order valence-corrected chi connectivity index (χ4v) is 6.66. The normalized spacial score (nSPS) is 27.6. The van der Waals surface area contributed by atoms with Crippen LogP contribution in [0.3, 0.4) is 0 Å². The molecule has 0 bridgehead atoms. The Morgan fingerprint density at radius 2 is 2.03 bits per heavy atom. The van der Waals surface area contributed by atoms with E-state index in [0.29, 0.717) is 11.1 Å². The third kappa shape index (κ3) is 5.21. The van der Waals surface area contributed by atoms with Gasteiger partial charge in [0.25, 0.3) is 0 Å². The van der Waals surface area contributed by atoms with Crippen molar-refractivity contribution in [3.63, 3.8) is 0 Å². The molecule has 3 atom stereocenters. The highest BCUT2D eigenvalue weighted by atomic mass is 32.2. The van der Waals surface area contributed by atoms with E-state index in [1.807, 2.05) is 6.08 Å². The van der Waals surface area contributed by atoms with Crippen LogP contribution in [0.5, 0.6) is 0 Å². The van der Waals surface area contributed by atoms with Gasteiger partial charge in [-0.3, -0.25) is 4.79 Å². The van der Waals surface area contributed by atoms with Crippen molar-refractivity contribution >= 4 is 15.8 Å². The lowest BCUT2D eigenvalue weighted by Gasteiger charge is -2.34. The zero-order valence-corrected chi connectivity index (χ0v) is 19.4. The van der Waals surface area contributed by atoms with Crippen molar-refractivity contribution in [2.45, 2.75) is 90.3 Å². The van der Waals surface area contributed by atoms with Gasteiger partial charge >= 0.3 is 5.97 Å². The predicted octanol–water partition coefficient (Wildman–Crippen LogP) is 4.28. The van der Waals surface area contributed by atoms with Gasteiger partial charge in [0.2, 0.25) is 0 Å². The average Bonchev–Trinajstić information content (AvgIpc) is 2.86. The number of esters is 1. The summed E-state index contributed by atoms with van der Waals surface area (Å²) in [7, 11) is -3.67. The summed E-state index contributed by atoms with van der Waals surface area (Å²) in [6, 6.07) is 0. The smallest absolute Gasteiger partial charge is 0.305 e. The van der Waals surface area contributed by atoms with Crippen LogP contribution in [0.1, 0.15) is 73.6 Å². The molecule has 0 saturated heterocycles. The molecule has 1 aliphatic carbocycles. The first kappa shape index (κ1) is 23.9. The van der Waals surface area contributed by atoms with Gasteiger partial charge in [-0.05, 0) is 57.4 Å². The third-order valence-corrected chi connectivity index (χ3v) is 8.94. The summed E-state index contributed by atoms with van der Waals surface area (Å²) in [6.45, 7) is 11.7. The third-order valence-electron chi connectivity index (χ3n) is 6.49. The molecule has 1 aliphatic heterocycles. The van der Waals surface area contributed by atoms with Crippen LogP contribution in [-0.2, 0) is 19.4 Å². The number of ether oxygens (including phenoxy) is 1. The van der Waals surface area contributed by atoms with Gasteiger partial charge in [0.05, 0.1) is 6.10 Å². The molecule has 2 rings (SSSR count). The van der Waals surface area contributed by atoms with Crippen molar-refractivity contribution < 1.29 is 23.1 Å². The number of hydrogen-bond donors (Lipinski definition) is 1. The number of hydrogen-bond acceptors (Lipinski definition) is 5. The summed E-state index contributed by atoms with van der Waals surface area (Å²) >= 11 is 0. The standard InChI is InChI=1S/C23H36O5S/c1-7-21(24)28-14-20-17(4)13-19(29(20,26)27)22(25)16(3)10-11-18-15(2)9-8-12-23(18,5)6/h10,13,19-20,22,25H,7-9,11-12,14H2,1-6H3/b16-10+. The summed E-state index contributed by atoms with van der Waals surface area (Å²) < 4.78 is 31.0. The van der Waals surface area contributed by atoms with E-state index in [0.717, 1.165) is 19.3 Å². The molecule has 0 aromatic carbocycles. The van der Waals surface area contributed by atoms with E-state index in [1.165, 1.54) is 17.6 Å². The zero-order chi connectivity index (χ0) is 22.0. The monoisotopic (exact) mass is 424 g/mol. The van der Waals surface area contributed by atoms with E-state index in [-0.39, 0.29) is 18.4 Å². The van der Waals surface area contributed by atoms with Gasteiger partial charge in [0, 0.05) is 6.42 Å². The van der Waals surface area contributed by atoms with Gasteiger partial charge in [-0.1, -0.05) is 49.6 Å². The van der Waals surface area contributed by atoms with Crippen LogP contribution >= 0.6 is 0 Å². The van der Waals surface area contributed by atoms with Gasteiger partial charge in [0.15, 0.2) is 9.84 Å². The minimum Gasteiger partial charge on any atom is -0.464 e. The SMILES string of the molecule is CCC(=O)OCC1C(C)=CC(C(O)/C(C)=C/CC2=C(C)CCCC2(C)C)S1(=O)=O. The van der Waals surface area contributed by atoms with E-state index in [2.05, 4.69) is 20.8 Å². The minimum atomic E-state index is -3.67. The molecule has 0 fully saturated rings. The van der Waals surface area contributed by atoms with Gasteiger partial charge in [-0.15, -0.1) is 0 Å². The van der Waals surface area contributed by atoms with Crippen molar-refractivity contribution in [1.82, 2.24) is 0 Å². The first-order valence-electron chi connectivity index (χ1n) is 10.5. The largest absolute Gasteiger partial charge is 0.464 e. The van der Waals surface area contributed by atoms with Crippen molar-refractivity contribution in [3.8, 4) is 0 Å². The Balaban J connectivity index is 2.16. The van der Waals surface area contributed by atoms with Gasteiger partial charge < -0.3 is 9.84 Å². The van der Waals surface area contributed by atoms with Crippen LogP contribution in [0.25, 0.3) is 0 Å². The molecular weight excluding hydrogens is 388 g/mol. The highest BCUT2D eigenvalue weighted by Crippen LogP contribution is 2.42. The van der Waals surface area contributed by atoms with Gasteiger partial charge in [0.1, 0.15) is 17.1 Å². The molecule has 5 nitrogen and oxygen atoms in total. The molecule has 0 aromatic rings. The summed E-state index contributed by atoms with van der Waals surface area (Å²) in [5.74, 6) is -0.424. The highest BCUT2D eigenvalue weighted by molar-refractivity contribution is 7.93. The summed E-state index contributed by atoms with van der Waals surface area (Å²) in [4.78, 5) is 11.4. The Labute approximate surface area is 175 Å². The molecule has 6 heteroatoms. The number of rotatable bonds is 7. The zero-order valence-electron chi connectivity index (χ0n) is 18.6. The second-order valence-corrected chi connectivity index (χ2v) is 11.4. The number of carbonyl (C=O) groups excluding carboxylic acids is 1. The second kappa shape index (κ2) is 9.17. The number of allylic oxidation sites excluding steroid dienone is 3. The van der Waals surface area contributed by atoms with Crippen LogP contribution in [0.15, 0.2) is 34.4 Å². The second-order valence-electron chi connectivity index (χ2n) is 9.08. The number of carbonyl (C=O) groups is 1.